The van der Waals surface area contributed by atoms with Gasteiger partial charge < -0.3 is 4.29 Å². The van der Waals surface area contributed by atoms with Crippen molar-refractivity contribution in [3.8, 4) is 0 Å². The number of hydrogen-bond acceptors (Lipinski definition) is 2. The van der Waals surface area contributed by atoms with Crippen LogP contribution in [-0.4, -0.2) is 5.97 Å². The second kappa shape index (κ2) is 6.23. The van der Waals surface area contributed by atoms with E-state index in [1.165, 1.54) is 0 Å². The maximum Gasteiger partial charge on any atom is 0.328 e. The molecule has 0 saturated heterocycles. The molecule has 0 aliphatic carbocycles. The fraction of sp³-hybridized carbons (Fsp3) is 0.625. The summed E-state index contributed by atoms with van der Waals surface area (Å²) in [5, 5.41) is 0. The first kappa shape index (κ1) is 10.5. The quantitative estimate of drug-likeness (QED) is 0.616. The van der Waals surface area contributed by atoms with Gasteiger partial charge in [0, 0.05) is 0 Å². The van der Waals surface area contributed by atoms with E-state index >= 15 is 0 Å². The van der Waals surface area contributed by atoms with Gasteiger partial charge in [0.15, 0.2) is 0 Å². The summed E-state index contributed by atoms with van der Waals surface area (Å²) in [4.78, 5) is 10.9. The van der Waals surface area contributed by atoms with Crippen LogP contribution in [-0.2, 0) is 9.08 Å². The van der Waals surface area contributed by atoms with Crippen LogP contribution >= 0.6 is 11.9 Å². The Morgan fingerprint density at radius 1 is 1.73 bits per heavy atom. The van der Waals surface area contributed by atoms with E-state index in [1.54, 1.807) is 0 Å². The molecule has 0 aromatic carbocycles. The molecule has 0 amide bonds. The van der Waals surface area contributed by atoms with E-state index in [1.807, 2.05) is 26.0 Å². The van der Waals surface area contributed by atoms with Gasteiger partial charge in [0.25, 0.3) is 0 Å². The Kier molecular flexibility index (Phi) is 5.94. The van der Waals surface area contributed by atoms with Crippen molar-refractivity contribution < 1.29 is 9.08 Å². The van der Waals surface area contributed by atoms with Crippen molar-refractivity contribution in [3.63, 3.8) is 0 Å². The lowest BCUT2D eigenvalue weighted by Gasteiger charge is -2.06. The van der Waals surface area contributed by atoms with Gasteiger partial charge in [-0.25, -0.2) is 0 Å². The van der Waals surface area contributed by atoms with Crippen LogP contribution in [0, 0.1) is 5.92 Å². The van der Waals surface area contributed by atoms with E-state index in [2.05, 4.69) is 4.29 Å². The molecule has 1 unspecified atom stereocenters. The standard InChI is InChI=1S/C8H13ClO2/c1-3-5-6-7(4-2)8(10)11-9/h3,5,7H,4,6H2,1-2H3/b5-3+. The van der Waals surface area contributed by atoms with Crippen molar-refractivity contribution in [3.05, 3.63) is 12.2 Å². The lowest BCUT2D eigenvalue weighted by atomic mass is 10.0. The largest absolute Gasteiger partial charge is 0.347 e. The molecule has 3 heteroatoms. The molecule has 11 heavy (non-hydrogen) atoms. The maximum atomic E-state index is 10.9. The van der Waals surface area contributed by atoms with Crippen molar-refractivity contribution in [1.29, 1.82) is 0 Å². The average molecular weight is 177 g/mol. The summed E-state index contributed by atoms with van der Waals surface area (Å²) in [5.74, 6) is -0.434. The molecular weight excluding hydrogens is 164 g/mol. The average Bonchev–Trinajstić information content (AvgIpc) is 2.05. The minimum absolute atomic E-state index is 0.0938. The Morgan fingerprint density at radius 2 is 2.36 bits per heavy atom. The number of halogens is 1. The molecule has 0 fully saturated rings. The van der Waals surface area contributed by atoms with Gasteiger partial charge >= 0.3 is 5.97 Å². The Labute approximate surface area is 72.4 Å². The molecular formula is C8H13ClO2. The summed E-state index contributed by atoms with van der Waals surface area (Å²) in [6, 6.07) is 0. The van der Waals surface area contributed by atoms with Crippen LogP contribution in [0.15, 0.2) is 12.2 Å². The van der Waals surface area contributed by atoms with E-state index in [4.69, 9.17) is 11.9 Å². The Morgan fingerprint density at radius 3 is 2.73 bits per heavy atom. The highest BCUT2D eigenvalue weighted by Crippen LogP contribution is 2.11. The van der Waals surface area contributed by atoms with Crippen LogP contribution in [0.5, 0.6) is 0 Å². The molecule has 0 aliphatic heterocycles. The molecule has 0 spiro atoms. The van der Waals surface area contributed by atoms with Crippen LogP contribution in [0.2, 0.25) is 0 Å². The van der Waals surface area contributed by atoms with Crippen LogP contribution in [0.25, 0.3) is 0 Å². The van der Waals surface area contributed by atoms with Crippen molar-refractivity contribution >= 4 is 17.8 Å². The summed E-state index contributed by atoms with van der Waals surface area (Å²) in [6.45, 7) is 3.85. The topological polar surface area (TPSA) is 26.3 Å². The monoisotopic (exact) mass is 176 g/mol. The van der Waals surface area contributed by atoms with Crippen molar-refractivity contribution in [2.24, 2.45) is 5.92 Å². The van der Waals surface area contributed by atoms with E-state index in [-0.39, 0.29) is 11.9 Å². The predicted octanol–water partition coefficient (Wildman–Crippen LogP) is 2.68. The molecule has 0 N–H and O–H groups in total. The summed E-state index contributed by atoms with van der Waals surface area (Å²) >= 11 is 4.93. The third kappa shape index (κ3) is 4.04. The van der Waals surface area contributed by atoms with E-state index < -0.39 is 0 Å². The van der Waals surface area contributed by atoms with E-state index in [0.717, 1.165) is 6.42 Å². The van der Waals surface area contributed by atoms with Crippen LogP contribution in [0.1, 0.15) is 26.7 Å². The molecule has 64 valence electrons. The first-order valence-corrected chi connectivity index (χ1v) is 4.00. The third-order valence-corrected chi connectivity index (χ3v) is 1.71. The first-order chi connectivity index (χ1) is 5.26. The van der Waals surface area contributed by atoms with Gasteiger partial charge in [-0.2, -0.15) is 0 Å². The normalized spacial score (nSPS) is 13.4. The van der Waals surface area contributed by atoms with Gasteiger partial charge in [-0.1, -0.05) is 19.1 Å². The van der Waals surface area contributed by atoms with Crippen LogP contribution in [0.3, 0.4) is 0 Å². The number of rotatable bonds is 4. The van der Waals surface area contributed by atoms with Crippen molar-refractivity contribution in [2.45, 2.75) is 26.7 Å². The molecule has 0 aromatic heterocycles. The highest BCUT2D eigenvalue weighted by atomic mass is 35.5. The molecule has 0 saturated carbocycles. The number of hydrogen-bond donors (Lipinski definition) is 0. The number of allylic oxidation sites excluding steroid dienone is 2. The Hall–Kier alpha value is -0.500. The molecule has 0 heterocycles. The molecule has 0 radical (unpaired) electrons. The van der Waals surface area contributed by atoms with Crippen molar-refractivity contribution in [2.75, 3.05) is 0 Å². The van der Waals surface area contributed by atoms with Gasteiger partial charge in [0.05, 0.1) is 5.92 Å². The molecule has 1 atom stereocenters. The molecule has 0 aliphatic rings. The Bertz CT molecular complexity index is 143. The molecule has 0 bridgehead atoms. The van der Waals surface area contributed by atoms with Gasteiger partial charge in [0.2, 0.25) is 0 Å². The molecule has 0 aromatic rings. The van der Waals surface area contributed by atoms with Gasteiger partial charge in [-0.05, 0) is 19.8 Å². The SMILES string of the molecule is C/C=C/CC(CC)C(=O)OCl. The lowest BCUT2D eigenvalue weighted by molar-refractivity contribution is -0.138. The zero-order chi connectivity index (χ0) is 8.69. The van der Waals surface area contributed by atoms with Crippen molar-refractivity contribution in [1.82, 2.24) is 0 Å². The van der Waals surface area contributed by atoms with Gasteiger partial charge in [0.1, 0.15) is 11.9 Å². The smallest absolute Gasteiger partial charge is 0.328 e. The van der Waals surface area contributed by atoms with Gasteiger partial charge in [-0.15, -0.1) is 0 Å². The Balaban J connectivity index is 3.84. The maximum absolute atomic E-state index is 10.9. The fourth-order valence-electron chi connectivity index (χ4n) is 0.793. The number of carbonyl (C=O) groups is 1. The highest BCUT2D eigenvalue weighted by molar-refractivity contribution is 6.13. The van der Waals surface area contributed by atoms with Crippen LogP contribution < -0.4 is 0 Å². The minimum Gasteiger partial charge on any atom is -0.347 e. The lowest BCUT2D eigenvalue weighted by Crippen LogP contribution is -2.12. The second-order valence-corrected chi connectivity index (χ2v) is 2.46. The number of carbonyl (C=O) groups excluding carboxylic acids is 1. The zero-order valence-electron chi connectivity index (χ0n) is 6.84. The summed E-state index contributed by atoms with van der Waals surface area (Å²) < 4.78 is 4.10. The summed E-state index contributed by atoms with van der Waals surface area (Å²) in [7, 11) is 0. The second-order valence-electron chi connectivity index (χ2n) is 2.31. The van der Waals surface area contributed by atoms with E-state index in [0.29, 0.717) is 6.42 Å². The van der Waals surface area contributed by atoms with Crippen LogP contribution in [0.4, 0.5) is 0 Å². The van der Waals surface area contributed by atoms with E-state index in [9.17, 15) is 4.79 Å². The fourth-order valence-corrected chi connectivity index (χ4v) is 0.919. The predicted molar refractivity (Wildman–Crippen MR) is 45.2 cm³/mol. The minimum atomic E-state index is -0.340. The molecule has 0 rings (SSSR count). The summed E-state index contributed by atoms with van der Waals surface area (Å²) in [6.07, 6.45) is 5.31. The third-order valence-electron chi connectivity index (χ3n) is 1.56. The highest BCUT2D eigenvalue weighted by Gasteiger charge is 2.15. The summed E-state index contributed by atoms with van der Waals surface area (Å²) in [5.41, 5.74) is 0. The zero-order valence-corrected chi connectivity index (χ0v) is 7.60. The molecule has 2 nitrogen and oxygen atoms in total. The first-order valence-electron chi connectivity index (χ1n) is 3.69. The van der Waals surface area contributed by atoms with Gasteiger partial charge in [-0.3, -0.25) is 4.79 Å².